The van der Waals surface area contributed by atoms with E-state index in [9.17, 15) is 9.18 Å². The lowest BCUT2D eigenvalue weighted by atomic mass is 9.97. The van der Waals surface area contributed by atoms with Crippen LogP contribution in [0.2, 0.25) is 0 Å². The quantitative estimate of drug-likeness (QED) is 0.588. The van der Waals surface area contributed by atoms with E-state index in [0.29, 0.717) is 54.7 Å². The van der Waals surface area contributed by atoms with Crippen molar-refractivity contribution in [2.75, 3.05) is 44.9 Å². The van der Waals surface area contributed by atoms with E-state index in [1.807, 2.05) is 17.0 Å². The van der Waals surface area contributed by atoms with E-state index >= 15 is 0 Å². The molecule has 1 amide bonds. The first kappa shape index (κ1) is 21.0. The van der Waals surface area contributed by atoms with Crippen molar-refractivity contribution in [2.24, 2.45) is 0 Å². The highest BCUT2D eigenvalue weighted by molar-refractivity contribution is 5.96. The third-order valence-corrected chi connectivity index (χ3v) is 7.09. The van der Waals surface area contributed by atoms with Gasteiger partial charge in [0.05, 0.1) is 20.3 Å². The van der Waals surface area contributed by atoms with Gasteiger partial charge in [0, 0.05) is 65.9 Å². The molecule has 7 nitrogen and oxygen atoms in total. The van der Waals surface area contributed by atoms with Crippen LogP contribution in [0.5, 0.6) is 5.75 Å². The fourth-order valence-electron chi connectivity index (χ4n) is 4.97. The Hall–Kier alpha value is -3.52. The SMILES string of the molecule is COc1ccc(-c2cnc(N3CC4(CC4)c4ccc(C(=O)N5CCOCC5)cc43)nc2)c(F)c1. The minimum absolute atomic E-state index is 0.0223. The zero-order valence-corrected chi connectivity index (χ0v) is 19.0. The summed E-state index contributed by atoms with van der Waals surface area (Å²) in [4.78, 5) is 26.2. The van der Waals surface area contributed by atoms with Crippen molar-refractivity contribution in [3.05, 3.63) is 65.7 Å². The van der Waals surface area contributed by atoms with E-state index in [-0.39, 0.29) is 17.1 Å². The maximum Gasteiger partial charge on any atom is 0.254 e. The van der Waals surface area contributed by atoms with E-state index in [1.165, 1.54) is 18.7 Å². The Bertz CT molecular complexity index is 1250. The predicted molar refractivity (Wildman–Crippen MR) is 125 cm³/mol. The molecule has 1 saturated carbocycles. The normalized spacial score (nSPS) is 18.2. The number of methoxy groups -OCH3 is 1. The lowest BCUT2D eigenvalue weighted by Crippen LogP contribution is -2.40. The van der Waals surface area contributed by atoms with E-state index < -0.39 is 0 Å². The molecule has 2 aliphatic heterocycles. The second-order valence-corrected chi connectivity index (χ2v) is 9.12. The minimum atomic E-state index is -0.384. The highest BCUT2D eigenvalue weighted by Gasteiger charge is 2.52. The monoisotopic (exact) mass is 460 g/mol. The number of hydrogen-bond donors (Lipinski definition) is 0. The number of anilines is 2. The van der Waals surface area contributed by atoms with Gasteiger partial charge in [0.2, 0.25) is 5.95 Å². The van der Waals surface area contributed by atoms with Crippen molar-refractivity contribution < 1.29 is 18.7 Å². The molecule has 0 unspecified atom stereocenters. The molecule has 2 fully saturated rings. The first-order valence-electron chi connectivity index (χ1n) is 11.5. The van der Waals surface area contributed by atoms with Crippen molar-refractivity contribution in [3.8, 4) is 16.9 Å². The molecule has 174 valence electrons. The number of hydrogen-bond acceptors (Lipinski definition) is 6. The summed E-state index contributed by atoms with van der Waals surface area (Å²) in [5, 5.41) is 0. The number of carbonyl (C=O) groups is 1. The number of ether oxygens (including phenoxy) is 2. The van der Waals surface area contributed by atoms with Crippen molar-refractivity contribution in [3.63, 3.8) is 0 Å². The van der Waals surface area contributed by atoms with Gasteiger partial charge in [0.1, 0.15) is 11.6 Å². The molecule has 1 aliphatic carbocycles. The van der Waals surface area contributed by atoms with Crippen molar-refractivity contribution >= 4 is 17.5 Å². The van der Waals surface area contributed by atoms with Crippen LogP contribution in [0.3, 0.4) is 0 Å². The number of rotatable bonds is 4. The summed E-state index contributed by atoms with van der Waals surface area (Å²) >= 11 is 0. The van der Waals surface area contributed by atoms with Crippen LogP contribution in [0.25, 0.3) is 11.1 Å². The van der Waals surface area contributed by atoms with Gasteiger partial charge in [-0.1, -0.05) is 6.07 Å². The Labute approximate surface area is 197 Å². The first-order valence-corrected chi connectivity index (χ1v) is 11.5. The number of fused-ring (bicyclic) bond motifs is 2. The Balaban J connectivity index is 1.31. The molecule has 2 aromatic carbocycles. The van der Waals surface area contributed by atoms with Crippen LogP contribution < -0.4 is 9.64 Å². The molecule has 3 aromatic rings. The number of amides is 1. The maximum atomic E-state index is 14.5. The average Bonchev–Trinajstić information content (AvgIpc) is 3.60. The number of nitrogens with zero attached hydrogens (tertiary/aromatic N) is 4. The molecule has 6 rings (SSSR count). The zero-order chi connectivity index (χ0) is 23.3. The second-order valence-electron chi connectivity index (χ2n) is 9.12. The minimum Gasteiger partial charge on any atom is -0.497 e. The molecule has 1 saturated heterocycles. The van der Waals surface area contributed by atoms with Gasteiger partial charge in [-0.05, 0) is 42.7 Å². The van der Waals surface area contributed by atoms with Gasteiger partial charge in [-0.15, -0.1) is 0 Å². The molecule has 0 atom stereocenters. The van der Waals surface area contributed by atoms with E-state index in [4.69, 9.17) is 9.47 Å². The van der Waals surface area contributed by atoms with Gasteiger partial charge in [-0.3, -0.25) is 4.79 Å². The second kappa shape index (κ2) is 8.06. The Kier molecular flexibility index (Phi) is 4.99. The van der Waals surface area contributed by atoms with Crippen LogP contribution >= 0.6 is 0 Å². The molecule has 3 aliphatic rings. The summed E-state index contributed by atoms with van der Waals surface area (Å²) in [6.45, 7) is 3.14. The summed E-state index contributed by atoms with van der Waals surface area (Å²) in [7, 11) is 1.51. The van der Waals surface area contributed by atoms with Gasteiger partial charge in [-0.2, -0.15) is 0 Å². The highest BCUT2D eigenvalue weighted by Crippen LogP contribution is 2.57. The number of carbonyl (C=O) groups excluding carboxylic acids is 1. The summed E-state index contributed by atoms with van der Waals surface area (Å²) in [6.07, 6.45) is 5.52. The average molecular weight is 461 g/mol. The smallest absolute Gasteiger partial charge is 0.254 e. The molecule has 1 spiro atoms. The number of morpholine rings is 1. The molecular formula is C26H25FN4O3. The standard InChI is InChI=1S/C26H25FN4O3/c1-33-19-3-4-20(22(27)13-19)18-14-28-25(29-15-18)31-16-26(6-7-26)21-5-2-17(12-23(21)31)24(32)30-8-10-34-11-9-30/h2-5,12-15H,6-11,16H2,1H3. The third kappa shape index (κ3) is 3.49. The predicted octanol–water partition coefficient (Wildman–Crippen LogP) is 3.95. The largest absolute Gasteiger partial charge is 0.497 e. The van der Waals surface area contributed by atoms with E-state index in [0.717, 1.165) is 25.1 Å². The van der Waals surface area contributed by atoms with Crippen LogP contribution in [-0.4, -0.2) is 60.7 Å². The van der Waals surface area contributed by atoms with Crippen LogP contribution in [0.4, 0.5) is 16.0 Å². The van der Waals surface area contributed by atoms with Crippen molar-refractivity contribution in [2.45, 2.75) is 18.3 Å². The molecular weight excluding hydrogens is 435 g/mol. The topological polar surface area (TPSA) is 67.8 Å². The molecule has 0 radical (unpaired) electrons. The molecule has 0 bridgehead atoms. The van der Waals surface area contributed by atoms with Gasteiger partial charge in [0.15, 0.2) is 0 Å². The number of halogens is 1. The lowest BCUT2D eigenvalue weighted by molar-refractivity contribution is 0.0303. The fourth-order valence-corrected chi connectivity index (χ4v) is 4.97. The Morgan fingerprint density at radius 3 is 2.53 bits per heavy atom. The molecule has 8 heteroatoms. The van der Waals surface area contributed by atoms with Crippen LogP contribution in [0, 0.1) is 5.82 Å². The fraction of sp³-hybridized carbons (Fsp3) is 0.346. The molecule has 34 heavy (non-hydrogen) atoms. The molecule has 0 N–H and O–H groups in total. The molecule has 3 heterocycles. The van der Waals surface area contributed by atoms with Gasteiger partial charge in [0.25, 0.3) is 5.91 Å². The zero-order valence-electron chi connectivity index (χ0n) is 19.0. The molecule has 1 aromatic heterocycles. The maximum absolute atomic E-state index is 14.5. The third-order valence-electron chi connectivity index (χ3n) is 7.09. The van der Waals surface area contributed by atoms with Crippen molar-refractivity contribution in [1.29, 1.82) is 0 Å². The van der Waals surface area contributed by atoms with Crippen molar-refractivity contribution in [1.82, 2.24) is 14.9 Å². The van der Waals surface area contributed by atoms with Crippen LogP contribution in [-0.2, 0) is 10.2 Å². The first-order chi connectivity index (χ1) is 16.6. The number of aromatic nitrogens is 2. The van der Waals surface area contributed by atoms with Gasteiger partial charge in [-0.25, -0.2) is 14.4 Å². The summed E-state index contributed by atoms with van der Waals surface area (Å²) < 4.78 is 25.0. The summed E-state index contributed by atoms with van der Waals surface area (Å²) in [6, 6.07) is 10.7. The van der Waals surface area contributed by atoms with Crippen LogP contribution in [0.1, 0.15) is 28.8 Å². The van der Waals surface area contributed by atoms with E-state index in [1.54, 1.807) is 24.5 Å². The van der Waals surface area contributed by atoms with Crippen LogP contribution in [0.15, 0.2) is 48.8 Å². The highest BCUT2D eigenvalue weighted by atomic mass is 19.1. The Morgan fingerprint density at radius 2 is 1.85 bits per heavy atom. The summed E-state index contributed by atoms with van der Waals surface area (Å²) in [5.41, 5.74) is 4.03. The summed E-state index contributed by atoms with van der Waals surface area (Å²) in [5.74, 6) is 0.655. The van der Waals surface area contributed by atoms with Gasteiger partial charge < -0.3 is 19.3 Å². The van der Waals surface area contributed by atoms with Gasteiger partial charge >= 0.3 is 0 Å². The lowest BCUT2D eigenvalue weighted by Gasteiger charge is -2.27. The number of benzene rings is 2. The van der Waals surface area contributed by atoms with E-state index in [2.05, 4.69) is 20.9 Å². The Morgan fingerprint density at radius 1 is 1.09 bits per heavy atom.